The summed E-state index contributed by atoms with van der Waals surface area (Å²) in [5, 5.41) is 0. The summed E-state index contributed by atoms with van der Waals surface area (Å²) in [5.41, 5.74) is 0.693. The molecule has 1 aliphatic heterocycles. The van der Waals surface area contributed by atoms with Gasteiger partial charge in [0.05, 0.1) is 12.2 Å². The molecule has 1 heterocycles. The van der Waals surface area contributed by atoms with Gasteiger partial charge in [-0.3, -0.25) is 4.79 Å². The van der Waals surface area contributed by atoms with Gasteiger partial charge in [-0.05, 0) is 37.7 Å². The molecular formula is C11H16O2. The second-order valence-electron chi connectivity index (χ2n) is 4.30. The molecule has 0 bridgehead atoms. The van der Waals surface area contributed by atoms with Crippen molar-refractivity contribution in [3.8, 4) is 0 Å². The van der Waals surface area contributed by atoms with Gasteiger partial charge in [0.2, 0.25) is 0 Å². The van der Waals surface area contributed by atoms with E-state index in [-0.39, 0.29) is 5.78 Å². The molecule has 3 unspecified atom stereocenters. The van der Waals surface area contributed by atoms with E-state index in [1.54, 1.807) is 6.92 Å². The van der Waals surface area contributed by atoms with E-state index in [1.165, 1.54) is 0 Å². The van der Waals surface area contributed by atoms with Crippen LogP contribution in [0.1, 0.15) is 32.6 Å². The van der Waals surface area contributed by atoms with Crippen LogP contribution in [-0.2, 0) is 9.53 Å². The molecular weight excluding hydrogens is 164 g/mol. The first-order valence-corrected chi connectivity index (χ1v) is 5.01. The minimum atomic E-state index is 0.226. The zero-order valence-electron chi connectivity index (χ0n) is 8.08. The van der Waals surface area contributed by atoms with Crippen LogP contribution in [0.2, 0.25) is 0 Å². The van der Waals surface area contributed by atoms with Crippen LogP contribution < -0.4 is 0 Å². The average Bonchev–Trinajstić information content (AvgIpc) is 2.81. The van der Waals surface area contributed by atoms with Gasteiger partial charge in [0.15, 0.2) is 5.78 Å². The fourth-order valence-electron chi connectivity index (χ4n) is 2.11. The number of ketones is 1. The van der Waals surface area contributed by atoms with Crippen LogP contribution in [0.5, 0.6) is 0 Å². The summed E-state index contributed by atoms with van der Waals surface area (Å²) in [5.74, 6) is 0.775. The molecule has 0 radical (unpaired) electrons. The third kappa shape index (κ3) is 1.99. The molecule has 1 saturated carbocycles. The van der Waals surface area contributed by atoms with Crippen LogP contribution in [0, 0.1) is 5.92 Å². The molecule has 13 heavy (non-hydrogen) atoms. The van der Waals surface area contributed by atoms with Crippen molar-refractivity contribution in [2.45, 2.75) is 44.8 Å². The van der Waals surface area contributed by atoms with Gasteiger partial charge >= 0.3 is 0 Å². The third-order valence-electron chi connectivity index (χ3n) is 3.06. The maximum absolute atomic E-state index is 11.4. The summed E-state index contributed by atoms with van der Waals surface area (Å²) in [6.07, 6.45) is 5.10. The van der Waals surface area contributed by atoms with Crippen molar-refractivity contribution in [2.75, 3.05) is 0 Å². The summed E-state index contributed by atoms with van der Waals surface area (Å²) >= 11 is 0. The van der Waals surface area contributed by atoms with Crippen LogP contribution in [0.15, 0.2) is 12.2 Å². The van der Waals surface area contributed by atoms with Gasteiger partial charge in [-0.1, -0.05) is 6.58 Å². The molecule has 0 N–H and O–H groups in total. The Balaban J connectivity index is 1.81. The Morgan fingerprint density at radius 1 is 1.46 bits per heavy atom. The normalized spacial score (nSPS) is 36.5. The number of hydrogen-bond acceptors (Lipinski definition) is 2. The second kappa shape index (κ2) is 3.26. The van der Waals surface area contributed by atoms with E-state index in [1.807, 2.05) is 0 Å². The summed E-state index contributed by atoms with van der Waals surface area (Å²) < 4.78 is 5.42. The number of ether oxygens (including phenoxy) is 1. The Bertz CT molecular complexity index is 244. The fraction of sp³-hybridized carbons (Fsp3) is 0.727. The lowest BCUT2D eigenvalue weighted by molar-refractivity contribution is -0.116. The first kappa shape index (κ1) is 8.95. The molecule has 2 fully saturated rings. The molecule has 2 heteroatoms. The average molecular weight is 180 g/mol. The largest absolute Gasteiger partial charge is 0.370 e. The monoisotopic (exact) mass is 180 g/mol. The van der Waals surface area contributed by atoms with Crippen molar-refractivity contribution < 1.29 is 9.53 Å². The van der Waals surface area contributed by atoms with E-state index in [2.05, 4.69) is 6.58 Å². The van der Waals surface area contributed by atoms with Crippen molar-refractivity contribution in [3.05, 3.63) is 12.2 Å². The molecule has 3 atom stereocenters. The molecule has 1 aliphatic carbocycles. The highest BCUT2D eigenvalue weighted by Gasteiger charge is 2.43. The van der Waals surface area contributed by atoms with Gasteiger partial charge < -0.3 is 4.74 Å². The van der Waals surface area contributed by atoms with E-state index in [9.17, 15) is 4.79 Å². The third-order valence-corrected chi connectivity index (χ3v) is 3.06. The minimum absolute atomic E-state index is 0.226. The smallest absolute Gasteiger partial charge is 0.158 e. The van der Waals surface area contributed by atoms with Gasteiger partial charge in [-0.2, -0.15) is 0 Å². The van der Waals surface area contributed by atoms with Gasteiger partial charge in [0.25, 0.3) is 0 Å². The van der Waals surface area contributed by atoms with E-state index < -0.39 is 0 Å². The molecule has 2 nitrogen and oxygen atoms in total. The van der Waals surface area contributed by atoms with Crippen LogP contribution in [-0.4, -0.2) is 18.0 Å². The summed E-state index contributed by atoms with van der Waals surface area (Å²) in [6.45, 7) is 5.46. The number of Topliss-reactive ketones (excluding diaryl/α,β-unsaturated/α-hetero) is 1. The Kier molecular flexibility index (Phi) is 2.24. The van der Waals surface area contributed by atoms with Crippen molar-refractivity contribution in [1.82, 2.24) is 0 Å². The van der Waals surface area contributed by atoms with E-state index in [0.29, 0.717) is 30.1 Å². The Hall–Kier alpha value is -0.630. The van der Waals surface area contributed by atoms with Gasteiger partial charge in [-0.25, -0.2) is 0 Å². The van der Waals surface area contributed by atoms with Crippen LogP contribution in [0.4, 0.5) is 0 Å². The fourth-order valence-corrected chi connectivity index (χ4v) is 2.11. The molecule has 0 aromatic rings. The summed E-state index contributed by atoms with van der Waals surface area (Å²) in [7, 11) is 0. The standard InChI is InChI=1S/C11H16O2/c1-7(2)9(12)5-8-3-4-10-11(6-8)13-10/h8,10-11H,1,3-6H2,2H3. The Labute approximate surface area is 79.0 Å². The number of rotatable bonds is 3. The number of allylic oxidation sites excluding steroid dienone is 1. The van der Waals surface area contributed by atoms with Crippen molar-refractivity contribution >= 4 is 5.78 Å². The van der Waals surface area contributed by atoms with Crippen LogP contribution in [0.25, 0.3) is 0 Å². The SMILES string of the molecule is C=C(C)C(=O)CC1CCC2OC2C1. The van der Waals surface area contributed by atoms with E-state index in [4.69, 9.17) is 4.74 Å². The number of carbonyl (C=O) groups excluding carboxylic acids is 1. The first-order valence-electron chi connectivity index (χ1n) is 5.01. The molecule has 72 valence electrons. The topological polar surface area (TPSA) is 29.6 Å². The lowest BCUT2D eigenvalue weighted by Crippen LogP contribution is -2.17. The predicted molar refractivity (Wildman–Crippen MR) is 50.4 cm³/mol. The minimum Gasteiger partial charge on any atom is -0.370 e. The van der Waals surface area contributed by atoms with Gasteiger partial charge in [0.1, 0.15) is 0 Å². The molecule has 0 aromatic carbocycles. The van der Waals surface area contributed by atoms with Crippen molar-refractivity contribution in [3.63, 3.8) is 0 Å². The van der Waals surface area contributed by atoms with Gasteiger partial charge in [-0.15, -0.1) is 0 Å². The van der Waals surface area contributed by atoms with Crippen LogP contribution >= 0.6 is 0 Å². The molecule has 0 aromatic heterocycles. The molecule has 2 rings (SSSR count). The highest BCUT2D eigenvalue weighted by molar-refractivity contribution is 5.94. The lowest BCUT2D eigenvalue weighted by Gasteiger charge is -2.17. The molecule has 0 spiro atoms. The number of epoxide rings is 1. The van der Waals surface area contributed by atoms with Crippen molar-refractivity contribution in [2.24, 2.45) is 5.92 Å². The maximum Gasteiger partial charge on any atom is 0.158 e. The molecule has 1 saturated heterocycles. The summed E-state index contributed by atoms with van der Waals surface area (Å²) in [4.78, 5) is 11.4. The zero-order valence-corrected chi connectivity index (χ0v) is 8.08. The Morgan fingerprint density at radius 3 is 2.85 bits per heavy atom. The number of hydrogen-bond donors (Lipinski definition) is 0. The highest BCUT2D eigenvalue weighted by atomic mass is 16.6. The van der Waals surface area contributed by atoms with Crippen LogP contribution in [0.3, 0.4) is 0 Å². The highest BCUT2D eigenvalue weighted by Crippen LogP contribution is 2.40. The Morgan fingerprint density at radius 2 is 2.23 bits per heavy atom. The zero-order chi connectivity index (χ0) is 9.42. The number of fused-ring (bicyclic) bond motifs is 1. The quantitative estimate of drug-likeness (QED) is 0.491. The second-order valence-corrected chi connectivity index (χ2v) is 4.30. The maximum atomic E-state index is 11.4. The van der Waals surface area contributed by atoms with Crippen molar-refractivity contribution in [1.29, 1.82) is 0 Å². The van der Waals surface area contributed by atoms with E-state index >= 15 is 0 Å². The molecule has 0 amide bonds. The lowest BCUT2D eigenvalue weighted by atomic mass is 9.85. The first-order chi connectivity index (χ1) is 6.16. The predicted octanol–water partition coefficient (Wildman–Crippen LogP) is 2.09. The summed E-state index contributed by atoms with van der Waals surface area (Å²) in [6, 6.07) is 0. The van der Waals surface area contributed by atoms with Gasteiger partial charge in [0, 0.05) is 6.42 Å². The number of carbonyl (C=O) groups is 1. The van der Waals surface area contributed by atoms with E-state index in [0.717, 1.165) is 19.3 Å². The molecule has 2 aliphatic rings.